The lowest BCUT2D eigenvalue weighted by atomic mass is 9.98. The number of sulfone groups is 1. The number of nitrogens with one attached hydrogen (secondary N) is 1. The highest BCUT2D eigenvalue weighted by atomic mass is 32.2. The van der Waals surface area contributed by atoms with Gasteiger partial charge >= 0.3 is 6.18 Å². The lowest BCUT2D eigenvalue weighted by molar-refractivity contribution is -0.137. The maximum Gasteiger partial charge on any atom is 0.416 e. The number of hydrogen-bond donors (Lipinski definition) is 2. The van der Waals surface area contributed by atoms with Gasteiger partial charge in [0.15, 0.2) is 9.84 Å². The van der Waals surface area contributed by atoms with Gasteiger partial charge in [0.2, 0.25) is 0 Å². The number of anilines is 1. The van der Waals surface area contributed by atoms with Gasteiger partial charge in [-0.3, -0.25) is 4.79 Å². The molecule has 5 rings (SSSR count). The Morgan fingerprint density at radius 1 is 1.04 bits per heavy atom. The molecule has 1 amide bonds. The summed E-state index contributed by atoms with van der Waals surface area (Å²) in [5, 5.41) is 16.7. The largest absolute Gasteiger partial charge is 0.416 e. The van der Waals surface area contributed by atoms with E-state index in [1.807, 2.05) is 65.7 Å². The normalized spacial score (nSPS) is 16.5. The van der Waals surface area contributed by atoms with Crippen molar-refractivity contribution in [2.75, 3.05) is 30.1 Å². The molecule has 0 saturated carbocycles. The number of alkyl halides is 3. The standard InChI is InChI=1S/C36H40F3N3O4S2/c1-25-17-28(35(44)41-15-7-13-31(41)34-14-8-16-47-34)21-30(18-25)42(24-48(2,45)46)32(20-26-9-4-3-5-10-26)33(43)23-40-22-27-11-6-12-29(19-27)36(37,38)39/h3-6,8-12,14,16-19,21,31-33,40,43H,7,13,15,20,22-24H2,1-2H3/t31?,32-,33+/m0/s1. The van der Waals surface area contributed by atoms with Crippen molar-refractivity contribution in [3.05, 3.63) is 123 Å². The van der Waals surface area contributed by atoms with Crippen molar-refractivity contribution >= 4 is 32.8 Å². The zero-order valence-corrected chi connectivity index (χ0v) is 28.5. The van der Waals surface area contributed by atoms with E-state index < -0.39 is 39.6 Å². The third kappa shape index (κ3) is 9.25. The molecule has 3 aromatic carbocycles. The van der Waals surface area contributed by atoms with Gasteiger partial charge in [-0.2, -0.15) is 13.2 Å². The number of rotatable bonds is 13. The van der Waals surface area contributed by atoms with Crippen LogP contribution in [0.25, 0.3) is 0 Å². The molecule has 0 aliphatic carbocycles. The second-order valence-electron chi connectivity index (χ2n) is 12.4. The topological polar surface area (TPSA) is 90.0 Å². The second kappa shape index (κ2) is 15.2. The molecule has 1 saturated heterocycles. The molecule has 48 heavy (non-hydrogen) atoms. The number of thiophene rings is 1. The van der Waals surface area contributed by atoms with Crippen LogP contribution in [0.4, 0.5) is 18.9 Å². The Morgan fingerprint density at radius 2 is 1.79 bits per heavy atom. The van der Waals surface area contributed by atoms with Gasteiger partial charge in [0.1, 0.15) is 5.88 Å². The molecular weight excluding hydrogens is 660 g/mol. The van der Waals surface area contributed by atoms with Crippen LogP contribution in [-0.2, 0) is 29.0 Å². The van der Waals surface area contributed by atoms with Gasteiger partial charge in [0.25, 0.3) is 5.91 Å². The molecule has 0 bridgehead atoms. The minimum absolute atomic E-state index is 0.0239. The van der Waals surface area contributed by atoms with Crippen LogP contribution in [0, 0.1) is 6.92 Å². The van der Waals surface area contributed by atoms with E-state index in [0.29, 0.717) is 23.4 Å². The number of likely N-dealkylation sites (tertiary alicyclic amines) is 1. The number of benzene rings is 3. The fraction of sp³-hybridized carbons (Fsp3) is 0.361. The summed E-state index contributed by atoms with van der Waals surface area (Å²) in [6, 6.07) is 22.8. The fourth-order valence-corrected chi connectivity index (χ4v) is 8.01. The van der Waals surface area contributed by atoms with Crippen LogP contribution in [-0.4, -0.2) is 61.7 Å². The molecule has 0 spiro atoms. The van der Waals surface area contributed by atoms with Crippen LogP contribution in [0.5, 0.6) is 0 Å². The highest BCUT2D eigenvalue weighted by Crippen LogP contribution is 2.36. The van der Waals surface area contributed by atoms with E-state index in [0.717, 1.165) is 47.2 Å². The number of hydrogen-bond acceptors (Lipinski definition) is 7. The Labute approximate surface area is 283 Å². The van der Waals surface area contributed by atoms with Crippen LogP contribution < -0.4 is 10.2 Å². The molecule has 0 radical (unpaired) electrons. The van der Waals surface area contributed by atoms with Crippen LogP contribution in [0.2, 0.25) is 0 Å². The number of aryl methyl sites for hydroxylation is 1. The van der Waals surface area contributed by atoms with Crippen molar-refractivity contribution in [2.24, 2.45) is 0 Å². The average Bonchev–Trinajstić information content (AvgIpc) is 3.75. The molecule has 256 valence electrons. The molecule has 1 aliphatic heterocycles. The van der Waals surface area contributed by atoms with Gasteiger partial charge < -0.3 is 20.2 Å². The van der Waals surface area contributed by atoms with E-state index in [2.05, 4.69) is 5.32 Å². The first-order chi connectivity index (χ1) is 22.8. The third-order valence-corrected chi connectivity index (χ3v) is 10.2. The minimum Gasteiger partial charge on any atom is -0.390 e. The molecule has 1 unspecified atom stereocenters. The van der Waals surface area contributed by atoms with Crippen LogP contribution in [0.3, 0.4) is 0 Å². The zero-order chi connectivity index (χ0) is 34.5. The lowest BCUT2D eigenvalue weighted by Crippen LogP contribution is -2.51. The summed E-state index contributed by atoms with van der Waals surface area (Å²) in [5.74, 6) is -0.563. The van der Waals surface area contributed by atoms with Crippen LogP contribution in [0.1, 0.15) is 56.4 Å². The molecule has 7 nitrogen and oxygen atoms in total. The third-order valence-electron chi connectivity index (χ3n) is 8.47. The summed E-state index contributed by atoms with van der Waals surface area (Å²) in [5.41, 5.74) is 2.17. The van der Waals surface area contributed by atoms with Gasteiger partial charge in [-0.05, 0) is 78.6 Å². The van der Waals surface area contributed by atoms with Crippen molar-refractivity contribution in [2.45, 2.75) is 57.1 Å². The number of amides is 1. The molecule has 2 N–H and O–H groups in total. The molecule has 1 aliphatic rings. The van der Waals surface area contributed by atoms with Gasteiger partial charge in [0, 0.05) is 42.0 Å². The Hall–Kier alpha value is -3.71. The summed E-state index contributed by atoms with van der Waals surface area (Å²) in [6.07, 6.45) is -2.48. The zero-order valence-electron chi connectivity index (χ0n) is 26.9. The maximum atomic E-state index is 14.0. The Morgan fingerprint density at radius 3 is 2.48 bits per heavy atom. The molecule has 2 heterocycles. The smallest absolute Gasteiger partial charge is 0.390 e. The first-order valence-electron chi connectivity index (χ1n) is 15.8. The van der Waals surface area contributed by atoms with E-state index in [1.165, 1.54) is 6.07 Å². The Kier molecular flexibility index (Phi) is 11.3. The average molecular weight is 700 g/mol. The predicted octanol–water partition coefficient (Wildman–Crippen LogP) is 6.62. The summed E-state index contributed by atoms with van der Waals surface area (Å²) in [7, 11) is -3.63. The number of halogens is 3. The van der Waals surface area contributed by atoms with Crippen molar-refractivity contribution in [1.29, 1.82) is 0 Å². The Balaban J connectivity index is 1.45. The Bertz CT molecular complexity index is 1780. The van der Waals surface area contributed by atoms with Crippen molar-refractivity contribution in [3.8, 4) is 0 Å². The van der Waals surface area contributed by atoms with E-state index in [-0.39, 0.29) is 31.5 Å². The fourth-order valence-electron chi connectivity index (χ4n) is 6.29. The lowest BCUT2D eigenvalue weighted by Gasteiger charge is -2.37. The van der Waals surface area contributed by atoms with E-state index in [4.69, 9.17) is 0 Å². The maximum absolute atomic E-state index is 14.0. The molecule has 3 atom stereocenters. The highest BCUT2D eigenvalue weighted by molar-refractivity contribution is 7.90. The SMILES string of the molecule is Cc1cc(C(=O)N2CCCC2c2cccs2)cc(N(CS(C)(=O)=O)[C@@H](Cc2ccccc2)[C@H](O)CNCc2cccc(C(F)(F)F)c2)c1. The second-order valence-corrected chi connectivity index (χ2v) is 15.5. The molecular formula is C36H40F3N3O4S2. The van der Waals surface area contributed by atoms with Crippen molar-refractivity contribution in [3.63, 3.8) is 0 Å². The molecule has 1 aromatic heterocycles. The first-order valence-corrected chi connectivity index (χ1v) is 18.7. The quantitative estimate of drug-likeness (QED) is 0.163. The first kappa shape index (κ1) is 35.6. The van der Waals surface area contributed by atoms with Crippen LogP contribution >= 0.6 is 11.3 Å². The monoisotopic (exact) mass is 699 g/mol. The van der Waals surface area contributed by atoms with Gasteiger partial charge in [-0.25, -0.2) is 8.42 Å². The van der Waals surface area contributed by atoms with Crippen molar-refractivity contribution in [1.82, 2.24) is 10.2 Å². The van der Waals surface area contributed by atoms with Crippen LogP contribution in [0.15, 0.2) is 90.3 Å². The van der Waals surface area contributed by atoms with Crippen molar-refractivity contribution < 1.29 is 31.5 Å². The predicted molar refractivity (Wildman–Crippen MR) is 184 cm³/mol. The summed E-state index contributed by atoms with van der Waals surface area (Å²) in [6.45, 7) is 2.50. The van der Waals surface area contributed by atoms with E-state index in [9.17, 15) is 31.5 Å². The highest BCUT2D eigenvalue weighted by Gasteiger charge is 2.34. The molecule has 12 heteroatoms. The summed E-state index contributed by atoms with van der Waals surface area (Å²) < 4.78 is 65.5. The minimum atomic E-state index is -4.48. The number of nitrogens with zero attached hydrogens (tertiary/aromatic N) is 2. The number of carbonyl (C=O) groups excluding carboxylic acids is 1. The van der Waals surface area contributed by atoms with Gasteiger partial charge in [-0.15, -0.1) is 11.3 Å². The summed E-state index contributed by atoms with van der Waals surface area (Å²) in [4.78, 5) is 18.6. The van der Waals surface area contributed by atoms with Gasteiger partial charge in [-0.1, -0.05) is 54.6 Å². The number of aliphatic hydroxyl groups is 1. The molecule has 1 fully saturated rings. The molecule has 4 aromatic rings. The summed E-state index contributed by atoms with van der Waals surface area (Å²) >= 11 is 1.62. The number of carbonyl (C=O) groups is 1. The van der Waals surface area contributed by atoms with E-state index >= 15 is 0 Å². The number of aliphatic hydroxyl groups excluding tert-OH is 1. The van der Waals surface area contributed by atoms with E-state index in [1.54, 1.807) is 34.4 Å². The van der Waals surface area contributed by atoms with Gasteiger partial charge in [0.05, 0.1) is 23.8 Å².